The molecule has 140 valence electrons. The number of ether oxygens (including phenoxy) is 1. The predicted octanol–water partition coefficient (Wildman–Crippen LogP) is 3.33. The van der Waals surface area contributed by atoms with Crippen molar-refractivity contribution in [2.45, 2.75) is 52.5 Å². The highest BCUT2D eigenvalue weighted by atomic mass is 16.5. The van der Waals surface area contributed by atoms with Gasteiger partial charge in [-0.2, -0.15) is 5.10 Å². The van der Waals surface area contributed by atoms with Crippen molar-refractivity contribution >= 4 is 17.6 Å². The van der Waals surface area contributed by atoms with E-state index in [0.717, 1.165) is 23.6 Å². The van der Waals surface area contributed by atoms with Crippen LogP contribution in [-0.4, -0.2) is 35.6 Å². The monoisotopic (exact) mass is 356 g/mol. The van der Waals surface area contributed by atoms with E-state index in [1.54, 1.807) is 0 Å². The van der Waals surface area contributed by atoms with Gasteiger partial charge in [-0.3, -0.25) is 10.1 Å². The van der Waals surface area contributed by atoms with Crippen LogP contribution in [0.4, 0.5) is 0 Å². The highest BCUT2D eigenvalue weighted by Crippen LogP contribution is 2.24. The molecule has 0 unspecified atom stereocenters. The van der Waals surface area contributed by atoms with Gasteiger partial charge in [0, 0.05) is 12.3 Å². The van der Waals surface area contributed by atoms with Crippen molar-refractivity contribution in [1.82, 2.24) is 10.2 Å². The first-order chi connectivity index (χ1) is 12.6. The summed E-state index contributed by atoms with van der Waals surface area (Å²) < 4.78 is 5.95. The van der Waals surface area contributed by atoms with Crippen LogP contribution >= 0.6 is 0 Å². The summed E-state index contributed by atoms with van der Waals surface area (Å²) in [6.07, 6.45) is 6.61. The van der Waals surface area contributed by atoms with Crippen LogP contribution in [0.3, 0.4) is 0 Å². The van der Waals surface area contributed by atoms with Gasteiger partial charge in [-0.1, -0.05) is 31.4 Å². The molecule has 1 saturated heterocycles. The third-order valence-corrected chi connectivity index (χ3v) is 4.74. The van der Waals surface area contributed by atoms with Crippen molar-refractivity contribution < 1.29 is 9.53 Å². The molecule has 0 bridgehead atoms. The fourth-order valence-corrected chi connectivity index (χ4v) is 3.34. The second-order valence-electron chi connectivity index (χ2n) is 7.33. The Kier molecular flexibility index (Phi) is 6.26. The van der Waals surface area contributed by atoms with Crippen LogP contribution in [-0.2, 0) is 11.3 Å². The van der Waals surface area contributed by atoms with Gasteiger partial charge in [0.15, 0.2) is 0 Å². The Bertz CT molecular complexity index is 672. The lowest BCUT2D eigenvalue weighted by molar-refractivity contribution is -0.118. The minimum Gasteiger partial charge on any atom is -0.493 e. The lowest BCUT2D eigenvalue weighted by Crippen LogP contribution is -2.29. The SMILES string of the molecule is CC(C)=NN=C1NC(=O)CN1Cc1ccc(OCC2CCCCC2)cc1. The maximum atomic E-state index is 11.7. The van der Waals surface area contributed by atoms with Crippen molar-refractivity contribution in [3.63, 3.8) is 0 Å². The Labute approximate surface area is 155 Å². The molecule has 1 saturated carbocycles. The third kappa shape index (κ3) is 5.31. The Hall–Kier alpha value is -2.37. The Morgan fingerprint density at radius 2 is 1.92 bits per heavy atom. The van der Waals surface area contributed by atoms with Gasteiger partial charge in [-0.25, -0.2) is 0 Å². The molecule has 6 nitrogen and oxygen atoms in total. The van der Waals surface area contributed by atoms with Crippen LogP contribution < -0.4 is 10.1 Å². The zero-order valence-corrected chi connectivity index (χ0v) is 15.7. The number of benzene rings is 1. The quantitative estimate of drug-likeness (QED) is 0.628. The number of amides is 1. The lowest BCUT2D eigenvalue weighted by atomic mass is 9.90. The molecule has 1 N–H and O–H groups in total. The smallest absolute Gasteiger partial charge is 0.246 e. The third-order valence-electron chi connectivity index (χ3n) is 4.74. The van der Waals surface area contributed by atoms with Gasteiger partial charge in [0.2, 0.25) is 11.9 Å². The summed E-state index contributed by atoms with van der Waals surface area (Å²) in [4.78, 5) is 13.6. The average molecular weight is 356 g/mol. The molecular formula is C20H28N4O2. The van der Waals surface area contributed by atoms with E-state index in [1.807, 2.05) is 43.0 Å². The van der Waals surface area contributed by atoms with Crippen LogP contribution in [0.15, 0.2) is 34.5 Å². The van der Waals surface area contributed by atoms with E-state index in [4.69, 9.17) is 4.74 Å². The first-order valence-corrected chi connectivity index (χ1v) is 9.45. The number of nitrogens with one attached hydrogen (secondary N) is 1. The topological polar surface area (TPSA) is 66.3 Å². The highest BCUT2D eigenvalue weighted by molar-refractivity contribution is 6.04. The van der Waals surface area contributed by atoms with E-state index in [-0.39, 0.29) is 5.91 Å². The standard InChI is InChI=1S/C20H28N4O2/c1-15(2)22-23-20-21-19(25)13-24(20)12-16-8-10-18(11-9-16)26-14-17-6-4-3-5-7-17/h8-11,17H,3-7,12-14H2,1-2H3,(H,21,23,25). The van der Waals surface area contributed by atoms with E-state index in [9.17, 15) is 4.79 Å². The van der Waals surface area contributed by atoms with Gasteiger partial charge < -0.3 is 9.64 Å². The number of hydrogen-bond donors (Lipinski definition) is 1. The summed E-state index contributed by atoms with van der Waals surface area (Å²) in [5.41, 5.74) is 1.95. The molecule has 1 aliphatic heterocycles. The summed E-state index contributed by atoms with van der Waals surface area (Å²) in [6.45, 7) is 5.47. The molecular weight excluding hydrogens is 328 g/mol. The second kappa shape index (κ2) is 8.83. The molecule has 0 aromatic heterocycles. The molecule has 2 fully saturated rings. The number of hydrogen-bond acceptors (Lipinski definition) is 4. The van der Waals surface area contributed by atoms with Crippen LogP contribution in [0.2, 0.25) is 0 Å². The van der Waals surface area contributed by atoms with Crippen LogP contribution in [0.5, 0.6) is 5.75 Å². The van der Waals surface area contributed by atoms with Gasteiger partial charge in [0.1, 0.15) is 12.3 Å². The van der Waals surface area contributed by atoms with E-state index < -0.39 is 0 Å². The van der Waals surface area contributed by atoms with Crippen molar-refractivity contribution in [1.29, 1.82) is 0 Å². The van der Waals surface area contributed by atoms with Crippen molar-refractivity contribution in [3.8, 4) is 5.75 Å². The molecule has 1 heterocycles. The van der Waals surface area contributed by atoms with Gasteiger partial charge >= 0.3 is 0 Å². The zero-order chi connectivity index (χ0) is 18.4. The lowest BCUT2D eigenvalue weighted by Gasteiger charge is -2.21. The van der Waals surface area contributed by atoms with Crippen molar-refractivity contribution in [2.24, 2.45) is 16.1 Å². The van der Waals surface area contributed by atoms with E-state index >= 15 is 0 Å². The molecule has 6 heteroatoms. The first kappa shape index (κ1) is 18.4. The number of carbonyl (C=O) groups excluding carboxylic acids is 1. The molecule has 0 atom stereocenters. The van der Waals surface area contributed by atoms with Crippen molar-refractivity contribution in [2.75, 3.05) is 13.2 Å². The largest absolute Gasteiger partial charge is 0.493 e. The minimum absolute atomic E-state index is 0.0554. The van der Waals surface area contributed by atoms with Gasteiger partial charge in [-0.15, -0.1) is 5.10 Å². The number of carbonyl (C=O) groups is 1. The molecule has 3 rings (SSSR count). The van der Waals surface area contributed by atoms with E-state index in [2.05, 4.69) is 15.5 Å². The summed E-state index contributed by atoms with van der Waals surface area (Å²) in [6, 6.07) is 8.11. The fraction of sp³-hybridized carbons (Fsp3) is 0.550. The molecule has 1 amide bonds. The number of nitrogens with zero attached hydrogens (tertiary/aromatic N) is 3. The molecule has 2 aliphatic rings. The Balaban J connectivity index is 1.55. The van der Waals surface area contributed by atoms with Crippen molar-refractivity contribution in [3.05, 3.63) is 29.8 Å². The van der Waals surface area contributed by atoms with Crippen LogP contribution in [0.25, 0.3) is 0 Å². The maximum absolute atomic E-state index is 11.7. The van der Waals surface area contributed by atoms with Gasteiger partial charge in [0.25, 0.3) is 0 Å². The van der Waals surface area contributed by atoms with E-state index in [1.165, 1.54) is 32.1 Å². The minimum atomic E-state index is -0.0554. The molecule has 0 radical (unpaired) electrons. The van der Waals surface area contributed by atoms with E-state index in [0.29, 0.717) is 25.0 Å². The van der Waals surface area contributed by atoms with Gasteiger partial charge in [-0.05, 0) is 50.3 Å². The molecule has 0 spiro atoms. The second-order valence-corrected chi connectivity index (χ2v) is 7.33. The number of guanidine groups is 1. The summed E-state index contributed by atoms with van der Waals surface area (Å²) in [5.74, 6) is 2.07. The van der Waals surface area contributed by atoms with Crippen LogP contribution in [0, 0.1) is 5.92 Å². The normalized spacial score (nSPS) is 19.5. The Morgan fingerprint density at radius 3 is 2.62 bits per heavy atom. The highest BCUT2D eigenvalue weighted by Gasteiger charge is 2.25. The molecule has 26 heavy (non-hydrogen) atoms. The number of rotatable bonds is 6. The summed E-state index contributed by atoms with van der Waals surface area (Å²) in [5, 5.41) is 10.9. The van der Waals surface area contributed by atoms with Crippen LogP contribution in [0.1, 0.15) is 51.5 Å². The fourth-order valence-electron chi connectivity index (χ4n) is 3.34. The predicted molar refractivity (Wildman–Crippen MR) is 103 cm³/mol. The van der Waals surface area contributed by atoms with Gasteiger partial charge in [0.05, 0.1) is 6.61 Å². The zero-order valence-electron chi connectivity index (χ0n) is 15.7. The molecule has 1 aromatic rings. The molecule has 1 aromatic carbocycles. The maximum Gasteiger partial charge on any atom is 0.246 e. The molecule has 1 aliphatic carbocycles. The Morgan fingerprint density at radius 1 is 1.19 bits per heavy atom. The average Bonchev–Trinajstić information content (AvgIpc) is 2.99. The summed E-state index contributed by atoms with van der Waals surface area (Å²) in [7, 11) is 0. The summed E-state index contributed by atoms with van der Waals surface area (Å²) >= 11 is 0. The first-order valence-electron chi connectivity index (χ1n) is 9.45.